The topological polar surface area (TPSA) is 113 Å². The molecule has 2 atom stereocenters. The van der Waals surface area contributed by atoms with E-state index in [0.717, 1.165) is 48.3 Å². The van der Waals surface area contributed by atoms with Gasteiger partial charge in [-0.3, -0.25) is 0 Å². The van der Waals surface area contributed by atoms with E-state index in [4.69, 9.17) is 27.7 Å². The van der Waals surface area contributed by atoms with Crippen LogP contribution in [0.1, 0.15) is 64.5 Å². The standard InChI is InChI=1S/C24H38N4O/c1-5-13-23(3,15-25)21-17(27)9-7-11-19(21)29-20-12-8-10-18(28)22(20)24(4,16-26)14-6-2/h7-12H,5-6,13-16,25-28H2,1-4H3. The minimum absolute atomic E-state index is 0.267. The Morgan fingerprint density at radius 3 is 1.41 bits per heavy atom. The summed E-state index contributed by atoms with van der Waals surface area (Å²) in [6, 6.07) is 11.6. The van der Waals surface area contributed by atoms with Crippen LogP contribution in [0.2, 0.25) is 0 Å². The maximum atomic E-state index is 6.52. The first-order chi connectivity index (χ1) is 13.8. The molecular weight excluding hydrogens is 360 g/mol. The van der Waals surface area contributed by atoms with Gasteiger partial charge in [-0.05, 0) is 37.1 Å². The molecule has 0 fully saturated rings. The van der Waals surface area contributed by atoms with Crippen LogP contribution in [-0.4, -0.2) is 13.1 Å². The zero-order valence-electron chi connectivity index (χ0n) is 18.4. The van der Waals surface area contributed by atoms with Crippen molar-refractivity contribution in [3.63, 3.8) is 0 Å². The van der Waals surface area contributed by atoms with Gasteiger partial charge in [0.15, 0.2) is 0 Å². The van der Waals surface area contributed by atoms with E-state index in [-0.39, 0.29) is 10.8 Å². The summed E-state index contributed by atoms with van der Waals surface area (Å²) in [6.07, 6.45) is 3.86. The molecule has 2 unspecified atom stereocenters. The zero-order valence-corrected chi connectivity index (χ0v) is 18.4. The van der Waals surface area contributed by atoms with Crippen LogP contribution in [-0.2, 0) is 10.8 Å². The Morgan fingerprint density at radius 1 is 0.724 bits per heavy atom. The van der Waals surface area contributed by atoms with Gasteiger partial charge < -0.3 is 27.7 Å². The number of rotatable bonds is 10. The van der Waals surface area contributed by atoms with Gasteiger partial charge in [0.1, 0.15) is 11.5 Å². The summed E-state index contributed by atoms with van der Waals surface area (Å²) in [5, 5.41) is 0. The first kappa shape index (κ1) is 23.0. The summed E-state index contributed by atoms with van der Waals surface area (Å²) < 4.78 is 6.52. The van der Waals surface area contributed by atoms with Crippen LogP contribution in [0.3, 0.4) is 0 Å². The van der Waals surface area contributed by atoms with Crippen molar-refractivity contribution in [1.29, 1.82) is 0 Å². The van der Waals surface area contributed by atoms with Crippen molar-refractivity contribution < 1.29 is 4.74 Å². The van der Waals surface area contributed by atoms with Crippen molar-refractivity contribution in [2.24, 2.45) is 11.5 Å². The van der Waals surface area contributed by atoms with Gasteiger partial charge in [-0.1, -0.05) is 52.7 Å². The summed E-state index contributed by atoms with van der Waals surface area (Å²) in [4.78, 5) is 0. The van der Waals surface area contributed by atoms with Gasteiger partial charge in [-0.15, -0.1) is 0 Å². The molecule has 0 aromatic heterocycles. The number of ether oxygens (including phenoxy) is 1. The van der Waals surface area contributed by atoms with Crippen LogP contribution in [0.5, 0.6) is 11.5 Å². The predicted molar refractivity (Wildman–Crippen MR) is 124 cm³/mol. The molecule has 2 aromatic rings. The third-order valence-corrected chi connectivity index (χ3v) is 6.05. The fraction of sp³-hybridized carbons (Fsp3) is 0.500. The van der Waals surface area contributed by atoms with Crippen LogP contribution >= 0.6 is 0 Å². The molecule has 5 nitrogen and oxygen atoms in total. The molecule has 0 saturated heterocycles. The zero-order chi connectivity index (χ0) is 21.7. The van der Waals surface area contributed by atoms with Crippen LogP contribution in [0.4, 0.5) is 11.4 Å². The van der Waals surface area contributed by atoms with Crippen LogP contribution in [0, 0.1) is 0 Å². The summed E-state index contributed by atoms with van der Waals surface area (Å²) >= 11 is 0. The second kappa shape index (κ2) is 9.51. The molecule has 0 aliphatic carbocycles. The predicted octanol–water partition coefficient (Wildman–Crippen LogP) is 4.68. The highest BCUT2D eigenvalue weighted by atomic mass is 16.5. The van der Waals surface area contributed by atoms with E-state index in [0.29, 0.717) is 24.5 Å². The van der Waals surface area contributed by atoms with Crippen LogP contribution in [0.15, 0.2) is 36.4 Å². The van der Waals surface area contributed by atoms with Crippen molar-refractivity contribution in [3.05, 3.63) is 47.5 Å². The minimum atomic E-state index is -0.267. The largest absolute Gasteiger partial charge is 0.457 e. The lowest BCUT2D eigenvalue weighted by atomic mass is 9.76. The number of nitrogen functional groups attached to an aromatic ring is 2. The molecule has 0 bridgehead atoms. The van der Waals surface area contributed by atoms with E-state index in [1.54, 1.807) is 0 Å². The summed E-state index contributed by atoms with van der Waals surface area (Å²) in [7, 11) is 0. The maximum Gasteiger partial charge on any atom is 0.133 e. The van der Waals surface area contributed by atoms with E-state index in [1.165, 1.54) is 0 Å². The monoisotopic (exact) mass is 398 g/mol. The van der Waals surface area contributed by atoms with E-state index in [2.05, 4.69) is 27.7 Å². The number of anilines is 2. The Morgan fingerprint density at radius 2 is 1.10 bits per heavy atom. The Hall–Kier alpha value is -2.24. The lowest BCUT2D eigenvalue weighted by Crippen LogP contribution is -2.34. The van der Waals surface area contributed by atoms with E-state index >= 15 is 0 Å². The molecule has 29 heavy (non-hydrogen) atoms. The third kappa shape index (κ3) is 4.68. The molecule has 0 aliphatic rings. The number of hydrogen-bond acceptors (Lipinski definition) is 5. The number of benzene rings is 2. The highest BCUT2D eigenvalue weighted by Crippen LogP contribution is 2.44. The Kier molecular flexibility index (Phi) is 7.55. The lowest BCUT2D eigenvalue weighted by molar-refractivity contribution is 0.387. The highest BCUT2D eigenvalue weighted by Gasteiger charge is 2.33. The molecule has 2 aromatic carbocycles. The SMILES string of the molecule is CCCC(C)(CN)c1c(N)cccc1Oc1cccc(N)c1C(C)(CN)CCC. The summed E-state index contributed by atoms with van der Waals surface area (Å²) in [5.41, 5.74) is 28.0. The molecule has 2 rings (SSSR count). The first-order valence-corrected chi connectivity index (χ1v) is 10.6. The van der Waals surface area contributed by atoms with Crippen LogP contribution < -0.4 is 27.7 Å². The number of hydrogen-bond donors (Lipinski definition) is 4. The number of nitrogens with two attached hydrogens (primary N) is 4. The first-order valence-electron chi connectivity index (χ1n) is 10.6. The van der Waals surface area contributed by atoms with Gasteiger partial charge in [0.2, 0.25) is 0 Å². The van der Waals surface area contributed by atoms with Gasteiger partial charge in [0, 0.05) is 46.4 Å². The smallest absolute Gasteiger partial charge is 0.133 e. The fourth-order valence-corrected chi connectivity index (χ4v) is 4.44. The molecule has 0 heterocycles. The molecule has 0 radical (unpaired) electrons. The lowest BCUT2D eigenvalue weighted by Gasteiger charge is -2.34. The molecule has 160 valence electrons. The molecule has 5 heteroatoms. The molecule has 0 amide bonds. The molecule has 0 spiro atoms. The second-order valence-electron chi connectivity index (χ2n) is 8.57. The normalized spacial score (nSPS) is 15.5. The molecular formula is C24H38N4O. The summed E-state index contributed by atoms with van der Waals surface area (Å²) in [5.74, 6) is 1.46. The average molecular weight is 399 g/mol. The van der Waals surface area contributed by atoms with E-state index in [9.17, 15) is 0 Å². The quantitative estimate of drug-likeness (QED) is 0.434. The van der Waals surface area contributed by atoms with E-state index < -0.39 is 0 Å². The third-order valence-electron chi connectivity index (χ3n) is 6.05. The Labute approximate surface area is 175 Å². The van der Waals surface area contributed by atoms with Gasteiger partial charge >= 0.3 is 0 Å². The van der Waals surface area contributed by atoms with Gasteiger partial charge in [-0.25, -0.2) is 0 Å². The highest BCUT2D eigenvalue weighted by molar-refractivity contribution is 5.62. The fourth-order valence-electron chi connectivity index (χ4n) is 4.44. The average Bonchev–Trinajstić information content (AvgIpc) is 2.68. The van der Waals surface area contributed by atoms with Gasteiger partial charge in [-0.2, -0.15) is 0 Å². The van der Waals surface area contributed by atoms with E-state index in [1.807, 2.05) is 36.4 Å². The second-order valence-corrected chi connectivity index (χ2v) is 8.57. The van der Waals surface area contributed by atoms with Crippen molar-refractivity contribution in [2.45, 2.75) is 64.2 Å². The maximum absolute atomic E-state index is 6.52. The molecule has 0 saturated carbocycles. The minimum Gasteiger partial charge on any atom is -0.457 e. The van der Waals surface area contributed by atoms with Gasteiger partial charge in [0.05, 0.1) is 0 Å². The van der Waals surface area contributed by atoms with Crippen LogP contribution in [0.25, 0.3) is 0 Å². The van der Waals surface area contributed by atoms with Crippen molar-refractivity contribution >= 4 is 11.4 Å². The van der Waals surface area contributed by atoms with Crippen molar-refractivity contribution in [3.8, 4) is 11.5 Å². The van der Waals surface area contributed by atoms with Crippen molar-refractivity contribution in [1.82, 2.24) is 0 Å². The van der Waals surface area contributed by atoms with Gasteiger partial charge in [0.25, 0.3) is 0 Å². The molecule has 0 aliphatic heterocycles. The molecule has 8 N–H and O–H groups in total. The Bertz CT molecular complexity index is 755. The van der Waals surface area contributed by atoms with Crippen molar-refractivity contribution in [2.75, 3.05) is 24.6 Å². The summed E-state index contributed by atoms with van der Waals surface area (Å²) in [6.45, 7) is 9.59. The Balaban J connectivity index is 2.63.